The van der Waals surface area contributed by atoms with Gasteiger partial charge in [0.25, 0.3) is 0 Å². The maximum atomic E-state index is 13.2. The molecule has 0 aliphatic rings. The van der Waals surface area contributed by atoms with Gasteiger partial charge in [0.15, 0.2) is 0 Å². The molecule has 2 aromatic carbocycles. The minimum absolute atomic E-state index is 0.267. The van der Waals surface area contributed by atoms with Crippen molar-refractivity contribution in [1.29, 1.82) is 0 Å². The van der Waals surface area contributed by atoms with E-state index in [0.29, 0.717) is 17.2 Å². The first kappa shape index (κ1) is 14.7. The van der Waals surface area contributed by atoms with Gasteiger partial charge < -0.3 is 5.73 Å². The van der Waals surface area contributed by atoms with Gasteiger partial charge in [-0.3, -0.25) is 4.21 Å². The number of nitrogens with two attached hydrogens (primary N) is 1. The number of anilines is 1. The fourth-order valence-corrected chi connectivity index (χ4v) is 3.07. The third kappa shape index (κ3) is 3.67. The molecule has 0 saturated heterocycles. The largest absolute Gasteiger partial charge is 0.399 e. The lowest BCUT2D eigenvalue weighted by molar-refractivity contribution is 0.627. The summed E-state index contributed by atoms with van der Waals surface area (Å²) in [5.41, 5.74) is 7.80. The third-order valence-electron chi connectivity index (χ3n) is 3.09. The van der Waals surface area contributed by atoms with Crippen molar-refractivity contribution in [2.24, 2.45) is 0 Å². The molecular weight excluding hydrogens is 273 g/mol. The average Bonchev–Trinajstić information content (AvgIpc) is 2.37. The summed E-state index contributed by atoms with van der Waals surface area (Å²) < 4.78 is 25.5. The summed E-state index contributed by atoms with van der Waals surface area (Å²) in [6.07, 6.45) is 0. The predicted molar refractivity (Wildman–Crippen MR) is 81.5 cm³/mol. The maximum absolute atomic E-state index is 13.2. The molecule has 1 unspecified atom stereocenters. The molecule has 20 heavy (non-hydrogen) atoms. The smallest absolute Gasteiger partial charge is 0.125 e. The molecule has 0 aliphatic heterocycles. The van der Waals surface area contributed by atoms with Crippen LogP contribution in [0.2, 0.25) is 0 Å². The minimum Gasteiger partial charge on any atom is -0.399 e. The van der Waals surface area contributed by atoms with Crippen molar-refractivity contribution in [2.45, 2.75) is 30.4 Å². The van der Waals surface area contributed by atoms with E-state index < -0.39 is 16.6 Å². The summed E-state index contributed by atoms with van der Waals surface area (Å²) >= 11 is 0. The second-order valence-electron chi connectivity index (χ2n) is 5.11. The molecule has 0 aliphatic carbocycles. The zero-order valence-electron chi connectivity index (χ0n) is 11.6. The van der Waals surface area contributed by atoms with Crippen LogP contribution >= 0.6 is 0 Å². The number of nitrogen functional groups attached to an aromatic ring is 1. The lowest BCUT2D eigenvalue weighted by Gasteiger charge is -2.07. The summed E-state index contributed by atoms with van der Waals surface area (Å²) in [5, 5.41) is 0. The highest BCUT2D eigenvalue weighted by Gasteiger charge is 2.08. The van der Waals surface area contributed by atoms with Gasteiger partial charge in [0.2, 0.25) is 0 Å². The van der Waals surface area contributed by atoms with Crippen molar-refractivity contribution in [1.82, 2.24) is 0 Å². The molecule has 106 valence electrons. The van der Waals surface area contributed by atoms with Crippen LogP contribution in [-0.4, -0.2) is 4.21 Å². The second-order valence-corrected chi connectivity index (χ2v) is 6.56. The molecule has 2 aromatic rings. The fraction of sp³-hybridized carbons (Fsp3) is 0.250. The molecule has 0 saturated carbocycles. The van der Waals surface area contributed by atoms with Gasteiger partial charge in [-0.2, -0.15) is 0 Å². The van der Waals surface area contributed by atoms with E-state index in [9.17, 15) is 8.60 Å². The molecule has 1 atom stereocenters. The molecule has 0 spiro atoms. The van der Waals surface area contributed by atoms with Crippen LogP contribution in [0.15, 0.2) is 47.4 Å². The lowest BCUT2D eigenvalue weighted by Crippen LogP contribution is -1.99. The van der Waals surface area contributed by atoms with E-state index in [1.54, 1.807) is 6.07 Å². The van der Waals surface area contributed by atoms with Gasteiger partial charge in [0, 0.05) is 10.6 Å². The van der Waals surface area contributed by atoms with Crippen LogP contribution in [0, 0.1) is 5.82 Å². The van der Waals surface area contributed by atoms with E-state index >= 15 is 0 Å². The molecule has 2 rings (SSSR count). The predicted octanol–water partition coefficient (Wildman–Crippen LogP) is 3.84. The van der Waals surface area contributed by atoms with Crippen LogP contribution in [0.3, 0.4) is 0 Å². The molecule has 0 radical (unpaired) electrons. The first-order valence-electron chi connectivity index (χ1n) is 6.49. The Morgan fingerprint density at radius 1 is 1.15 bits per heavy atom. The minimum atomic E-state index is -1.19. The van der Waals surface area contributed by atoms with Gasteiger partial charge in [-0.15, -0.1) is 0 Å². The van der Waals surface area contributed by atoms with Crippen molar-refractivity contribution in [3.05, 3.63) is 59.4 Å². The zero-order valence-corrected chi connectivity index (χ0v) is 12.4. The summed E-state index contributed by atoms with van der Waals surface area (Å²) in [5.74, 6) is 0.316. The van der Waals surface area contributed by atoms with Gasteiger partial charge in [0.05, 0.1) is 16.6 Å². The number of benzene rings is 2. The Morgan fingerprint density at radius 2 is 1.80 bits per heavy atom. The number of hydrogen-bond donors (Lipinski definition) is 1. The van der Waals surface area contributed by atoms with Crippen LogP contribution in [0.4, 0.5) is 10.1 Å². The quantitative estimate of drug-likeness (QED) is 0.870. The summed E-state index contributed by atoms with van der Waals surface area (Å²) in [6.45, 7) is 4.23. The van der Waals surface area contributed by atoms with Crippen molar-refractivity contribution in [3.63, 3.8) is 0 Å². The number of hydrogen-bond acceptors (Lipinski definition) is 2. The Morgan fingerprint density at radius 3 is 2.35 bits per heavy atom. The average molecular weight is 291 g/mol. The van der Waals surface area contributed by atoms with E-state index in [1.165, 1.54) is 17.7 Å². The SMILES string of the molecule is CC(C)c1ccc(S(=O)Cc2cc(N)cc(F)c2)cc1. The summed E-state index contributed by atoms with van der Waals surface area (Å²) in [4.78, 5) is 0.747. The molecule has 0 aromatic heterocycles. The highest BCUT2D eigenvalue weighted by molar-refractivity contribution is 7.84. The molecule has 0 bridgehead atoms. The molecule has 0 fully saturated rings. The highest BCUT2D eigenvalue weighted by Crippen LogP contribution is 2.19. The van der Waals surface area contributed by atoms with Crippen LogP contribution in [0.25, 0.3) is 0 Å². The fourth-order valence-electron chi connectivity index (χ4n) is 2.00. The molecule has 0 amide bonds. The Balaban J connectivity index is 2.15. The molecule has 2 nitrogen and oxygen atoms in total. The first-order chi connectivity index (χ1) is 9.45. The first-order valence-corrected chi connectivity index (χ1v) is 7.81. The zero-order chi connectivity index (χ0) is 14.7. The van der Waals surface area contributed by atoms with Crippen LogP contribution < -0.4 is 5.73 Å². The normalized spacial score (nSPS) is 12.6. The van der Waals surface area contributed by atoms with Gasteiger partial charge >= 0.3 is 0 Å². The van der Waals surface area contributed by atoms with Crippen molar-refractivity contribution in [3.8, 4) is 0 Å². The maximum Gasteiger partial charge on any atom is 0.125 e. The van der Waals surface area contributed by atoms with E-state index in [2.05, 4.69) is 13.8 Å². The van der Waals surface area contributed by atoms with Gasteiger partial charge in [-0.25, -0.2) is 4.39 Å². The Kier molecular flexibility index (Phi) is 4.55. The van der Waals surface area contributed by atoms with Gasteiger partial charge in [0.1, 0.15) is 5.82 Å². The molecule has 0 heterocycles. The van der Waals surface area contributed by atoms with Crippen molar-refractivity contribution >= 4 is 16.5 Å². The monoisotopic (exact) mass is 291 g/mol. The van der Waals surface area contributed by atoms with Crippen LogP contribution in [0.5, 0.6) is 0 Å². The Labute approximate surface area is 121 Å². The highest BCUT2D eigenvalue weighted by atomic mass is 32.2. The third-order valence-corrected chi connectivity index (χ3v) is 4.48. The summed E-state index contributed by atoms with van der Waals surface area (Å²) in [7, 11) is -1.19. The van der Waals surface area contributed by atoms with Crippen LogP contribution in [-0.2, 0) is 16.6 Å². The van der Waals surface area contributed by atoms with Crippen molar-refractivity contribution in [2.75, 3.05) is 5.73 Å². The number of rotatable bonds is 4. The molecular formula is C16H18FNOS. The Hall–Kier alpha value is -1.68. The van der Waals surface area contributed by atoms with E-state index in [-0.39, 0.29) is 5.75 Å². The second kappa shape index (κ2) is 6.18. The van der Waals surface area contributed by atoms with Gasteiger partial charge in [-0.05, 0) is 47.4 Å². The van der Waals surface area contributed by atoms with E-state index in [4.69, 9.17) is 5.73 Å². The topological polar surface area (TPSA) is 43.1 Å². The van der Waals surface area contributed by atoms with E-state index in [0.717, 1.165) is 4.90 Å². The molecule has 2 N–H and O–H groups in total. The summed E-state index contributed by atoms with van der Waals surface area (Å²) in [6, 6.07) is 12.0. The standard InChI is InChI=1S/C16H18FNOS/c1-11(2)13-3-5-16(6-4-13)20(19)10-12-7-14(17)9-15(18)8-12/h3-9,11H,10,18H2,1-2H3. The van der Waals surface area contributed by atoms with Crippen molar-refractivity contribution < 1.29 is 8.60 Å². The molecule has 4 heteroatoms. The van der Waals surface area contributed by atoms with Crippen LogP contribution in [0.1, 0.15) is 30.9 Å². The Bertz CT molecular complexity index is 603. The van der Waals surface area contributed by atoms with E-state index in [1.807, 2.05) is 24.3 Å². The lowest BCUT2D eigenvalue weighted by atomic mass is 10.0. The van der Waals surface area contributed by atoms with Gasteiger partial charge in [-0.1, -0.05) is 26.0 Å². The number of halogens is 1.